The van der Waals surface area contributed by atoms with E-state index in [1.165, 1.54) is 11.1 Å². The number of aryl methyl sites for hydroxylation is 2. The van der Waals surface area contributed by atoms with Crippen LogP contribution in [0.3, 0.4) is 0 Å². The van der Waals surface area contributed by atoms with Crippen LogP contribution in [-0.2, 0) is 17.7 Å². The predicted molar refractivity (Wildman–Crippen MR) is 97.3 cm³/mol. The van der Waals surface area contributed by atoms with E-state index in [9.17, 15) is 0 Å². The molecule has 0 radical (unpaired) electrons. The topological polar surface area (TPSA) is 12.5 Å². The maximum absolute atomic E-state index is 5.68. The fraction of sp³-hybridized carbons (Fsp3) is 0.429. The van der Waals surface area contributed by atoms with Crippen molar-refractivity contribution in [2.45, 2.75) is 51.6 Å². The van der Waals surface area contributed by atoms with Crippen LogP contribution in [0, 0.1) is 0 Å². The van der Waals surface area contributed by atoms with E-state index in [-0.39, 0.29) is 0 Å². The van der Waals surface area contributed by atoms with Gasteiger partial charge in [0.15, 0.2) is 0 Å². The highest BCUT2D eigenvalue weighted by atomic mass is 16.7. The van der Waals surface area contributed by atoms with Gasteiger partial charge in [-0.1, -0.05) is 60.7 Å². The minimum absolute atomic E-state index is 0.408. The maximum Gasteiger partial charge on any atom is 0.0575 e. The van der Waals surface area contributed by atoms with E-state index in [1.807, 2.05) is 0 Å². The van der Waals surface area contributed by atoms with Crippen molar-refractivity contribution in [2.24, 2.45) is 0 Å². The van der Waals surface area contributed by atoms with Crippen LogP contribution >= 0.6 is 0 Å². The minimum atomic E-state index is 0.408. The zero-order valence-corrected chi connectivity index (χ0v) is 14.6. The molecule has 2 rings (SSSR count). The van der Waals surface area contributed by atoms with E-state index < -0.39 is 0 Å². The number of nitrogens with zero attached hydrogens (tertiary/aromatic N) is 1. The Labute approximate surface area is 141 Å². The highest BCUT2D eigenvalue weighted by Gasteiger charge is 2.19. The molecule has 0 amide bonds. The lowest BCUT2D eigenvalue weighted by Gasteiger charge is -2.32. The van der Waals surface area contributed by atoms with Crippen LogP contribution in [0.4, 0.5) is 0 Å². The standard InChI is InChI=1S/C21H29NO/c1-18(14-16-20-10-6-4-7-11-20)22(23-3)19(2)15-17-21-12-8-5-9-13-21/h4-13,18-19H,14-17H2,1-3H3. The monoisotopic (exact) mass is 311 g/mol. The van der Waals surface area contributed by atoms with Crippen molar-refractivity contribution in [3.05, 3.63) is 71.8 Å². The van der Waals surface area contributed by atoms with Crippen LogP contribution < -0.4 is 0 Å². The molecule has 2 heteroatoms. The van der Waals surface area contributed by atoms with Gasteiger partial charge in [0.2, 0.25) is 0 Å². The van der Waals surface area contributed by atoms with Crippen LogP contribution in [0.1, 0.15) is 37.8 Å². The molecule has 0 heterocycles. The molecule has 0 aliphatic rings. The van der Waals surface area contributed by atoms with Gasteiger partial charge in [-0.2, -0.15) is 5.06 Å². The Kier molecular flexibility index (Phi) is 7.31. The zero-order chi connectivity index (χ0) is 16.5. The number of hydrogen-bond donors (Lipinski definition) is 0. The molecule has 0 aromatic heterocycles. The average Bonchev–Trinajstić information content (AvgIpc) is 2.60. The largest absolute Gasteiger partial charge is 0.302 e. The first-order chi connectivity index (χ1) is 11.2. The Hall–Kier alpha value is -1.64. The molecular weight excluding hydrogens is 282 g/mol. The summed E-state index contributed by atoms with van der Waals surface area (Å²) in [5.74, 6) is 0. The second-order valence-corrected chi connectivity index (χ2v) is 6.29. The first-order valence-electron chi connectivity index (χ1n) is 8.61. The summed E-state index contributed by atoms with van der Waals surface area (Å²) in [6.45, 7) is 4.51. The Morgan fingerprint density at radius 2 is 1.13 bits per heavy atom. The second-order valence-electron chi connectivity index (χ2n) is 6.29. The summed E-state index contributed by atoms with van der Waals surface area (Å²) >= 11 is 0. The van der Waals surface area contributed by atoms with E-state index in [2.05, 4.69) is 79.6 Å². The first kappa shape index (κ1) is 17.7. The van der Waals surface area contributed by atoms with Gasteiger partial charge in [0.05, 0.1) is 7.11 Å². The third-order valence-electron chi connectivity index (χ3n) is 4.47. The molecule has 0 saturated heterocycles. The van der Waals surface area contributed by atoms with Gasteiger partial charge in [-0.05, 0) is 50.7 Å². The fourth-order valence-electron chi connectivity index (χ4n) is 3.09. The third-order valence-corrected chi connectivity index (χ3v) is 4.47. The lowest BCUT2D eigenvalue weighted by atomic mass is 10.0. The molecule has 0 fully saturated rings. The van der Waals surface area contributed by atoms with Crippen molar-refractivity contribution in [3.63, 3.8) is 0 Å². The molecule has 0 saturated carbocycles. The van der Waals surface area contributed by atoms with Gasteiger partial charge in [0.25, 0.3) is 0 Å². The van der Waals surface area contributed by atoms with Gasteiger partial charge in [-0.3, -0.25) is 0 Å². The van der Waals surface area contributed by atoms with Gasteiger partial charge < -0.3 is 4.84 Å². The maximum atomic E-state index is 5.68. The zero-order valence-electron chi connectivity index (χ0n) is 14.6. The highest BCUT2D eigenvalue weighted by Crippen LogP contribution is 2.16. The third kappa shape index (κ3) is 5.81. The van der Waals surface area contributed by atoms with Crippen molar-refractivity contribution in [1.82, 2.24) is 5.06 Å². The normalized spacial score (nSPS) is 13.9. The Morgan fingerprint density at radius 1 is 0.739 bits per heavy atom. The molecule has 0 bridgehead atoms. The molecule has 124 valence electrons. The Morgan fingerprint density at radius 3 is 1.48 bits per heavy atom. The molecular formula is C21H29NO. The fourth-order valence-corrected chi connectivity index (χ4v) is 3.09. The lowest BCUT2D eigenvalue weighted by molar-refractivity contribution is -0.185. The SMILES string of the molecule is CON(C(C)CCc1ccccc1)C(C)CCc1ccccc1. The molecule has 2 unspecified atom stereocenters. The van der Waals surface area contributed by atoms with Gasteiger partial charge in [-0.15, -0.1) is 0 Å². The molecule has 2 nitrogen and oxygen atoms in total. The summed E-state index contributed by atoms with van der Waals surface area (Å²) in [4.78, 5) is 5.68. The number of rotatable bonds is 9. The van der Waals surface area contributed by atoms with Crippen LogP contribution in [0.15, 0.2) is 60.7 Å². The minimum Gasteiger partial charge on any atom is -0.302 e. The van der Waals surface area contributed by atoms with Crippen molar-refractivity contribution in [3.8, 4) is 0 Å². The molecule has 0 spiro atoms. The molecule has 0 N–H and O–H groups in total. The molecule has 2 aromatic rings. The van der Waals surface area contributed by atoms with Crippen LogP contribution in [-0.4, -0.2) is 24.3 Å². The first-order valence-corrected chi connectivity index (χ1v) is 8.61. The average molecular weight is 311 g/mol. The van der Waals surface area contributed by atoms with Gasteiger partial charge >= 0.3 is 0 Å². The summed E-state index contributed by atoms with van der Waals surface area (Å²) in [5, 5.41) is 2.16. The number of hydrogen-bond acceptors (Lipinski definition) is 2. The molecule has 0 aliphatic carbocycles. The van der Waals surface area contributed by atoms with Gasteiger partial charge in [0.1, 0.15) is 0 Å². The summed E-state index contributed by atoms with van der Waals surface area (Å²) in [7, 11) is 1.79. The van der Waals surface area contributed by atoms with Gasteiger partial charge in [-0.25, -0.2) is 0 Å². The van der Waals surface area contributed by atoms with Crippen LogP contribution in [0.25, 0.3) is 0 Å². The molecule has 2 atom stereocenters. The number of hydroxylamine groups is 2. The van der Waals surface area contributed by atoms with E-state index in [1.54, 1.807) is 7.11 Å². The smallest absolute Gasteiger partial charge is 0.0575 e. The van der Waals surface area contributed by atoms with Crippen molar-refractivity contribution in [1.29, 1.82) is 0 Å². The second kappa shape index (κ2) is 9.49. The van der Waals surface area contributed by atoms with E-state index >= 15 is 0 Å². The summed E-state index contributed by atoms with van der Waals surface area (Å²) in [6.07, 6.45) is 4.39. The van der Waals surface area contributed by atoms with Gasteiger partial charge in [0, 0.05) is 12.1 Å². The van der Waals surface area contributed by atoms with E-state index in [4.69, 9.17) is 4.84 Å². The Bertz CT molecular complexity index is 491. The van der Waals surface area contributed by atoms with Crippen molar-refractivity contribution in [2.75, 3.05) is 7.11 Å². The summed E-state index contributed by atoms with van der Waals surface area (Å²) in [5.41, 5.74) is 2.79. The van der Waals surface area contributed by atoms with Crippen LogP contribution in [0.2, 0.25) is 0 Å². The molecule has 2 aromatic carbocycles. The van der Waals surface area contributed by atoms with Crippen LogP contribution in [0.5, 0.6) is 0 Å². The van der Waals surface area contributed by atoms with Crippen molar-refractivity contribution < 1.29 is 4.84 Å². The summed E-state index contributed by atoms with van der Waals surface area (Å²) < 4.78 is 0. The van der Waals surface area contributed by atoms with Crippen molar-refractivity contribution >= 4 is 0 Å². The molecule has 23 heavy (non-hydrogen) atoms. The lowest BCUT2D eigenvalue weighted by Crippen LogP contribution is -2.40. The van der Waals surface area contributed by atoms with E-state index in [0.29, 0.717) is 12.1 Å². The quantitative estimate of drug-likeness (QED) is 0.611. The molecule has 0 aliphatic heterocycles. The number of benzene rings is 2. The summed E-state index contributed by atoms with van der Waals surface area (Å²) in [6, 6.07) is 22.2. The Balaban J connectivity index is 1.82. The predicted octanol–water partition coefficient (Wildman–Crippen LogP) is 4.89. The van der Waals surface area contributed by atoms with E-state index in [0.717, 1.165) is 25.7 Å². The highest BCUT2D eigenvalue weighted by molar-refractivity contribution is 5.15.